The number of nitrogens with zero attached hydrogens (tertiary/aromatic N) is 2. The molecule has 3 rings (SSSR count). The molecule has 1 saturated heterocycles. The molecule has 0 radical (unpaired) electrons. The van der Waals surface area contributed by atoms with E-state index in [4.69, 9.17) is 5.73 Å². The first-order valence-electron chi connectivity index (χ1n) is 8.45. The van der Waals surface area contributed by atoms with Gasteiger partial charge in [-0.05, 0) is 25.0 Å². The Morgan fingerprint density at radius 1 is 1.37 bits per heavy atom. The van der Waals surface area contributed by atoms with Gasteiger partial charge in [0.2, 0.25) is 0 Å². The number of amides is 1. The minimum atomic E-state index is -4.85. The number of ether oxygens (including phenoxy) is 1. The molecule has 6 nitrogen and oxygen atoms in total. The van der Waals surface area contributed by atoms with Crippen molar-refractivity contribution in [3.63, 3.8) is 0 Å². The van der Waals surface area contributed by atoms with Crippen LogP contribution in [0.2, 0.25) is 0 Å². The van der Waals surface area contributed by atoms with Crippen molar-refractivity contribution in [2.75, 3.05) is 13.1 Å². The van der Waals surface area contributed by atoms with E-state index < -0.39 is 28.8 Å². The number of carbonyl (C=O) groups excluding carboxylic acids is 2. The van der Waals surface area contributed by atoms with Crippen molar-refractivity contribution < 1.29 is 27.5 Å². The molecule has 1 aromatic rings. The van der Waals surface area contributed by atoms with Crippen LogP contribution in [0.3, 0.4) is 0 Å². The number of Topliss-reactive ketones (excluding diaryl/α,β-unsaturated/α-hetero) is 1. The Morgan fingerprint density at radius 3 is 2.70 bits per heavy atom. The molecule has 1 amide bonds. The normalized spacial score (nSPS) is 24.9. The predicted octanol–water partition coefficient (Wildman–Crippen LogP) is 2.65. The lowest BCUT2D eigenvalue weighted by atomic mass is 9.65. The van der Waals surface area contributed by atoms with E-state index in [1.54, 1.807) is 6.08 Å². The topological polar surface area (TPSA) is 85.5 Å². The summed E-state index contributed by atoms with van der Waals surface area (Å²) in [6.45, 7) is 4.37. The van der Waals surface area contributed by atoms with Crippen LogP contribution in [0.4, 0.5) is 13.2 Å². The quantitative estimate of drug-likeness (QED) is 0.849. The molecule has 0 bridgehead atoms. The SMILES string of the molecule is CC1(C)C[C@]2(C=C(N)C1=O)CCN(C(=O)c1cc(OC(F)(F)F)ccn1)C2. The number of halogens is 3. The Kier molecular flexibility index (Phi) is 4.44. The lowest BCUT2D eigenvalue weighted by Gasteiger charge is -2.39. The lowest BCUT2D eigenvalue weighted by Crippen LogP contribution is -2.42. The van der Waals surface area contributed by atoms with Crippen LogP contribution in [-0.2, 0) is 4.79 Å². The summed E-state index contributed by atoms with van der Waals surface area (Å²) in [5, 5.41) is 0. The van der Waals surface area contributed by atoms with Crippen LogP contribution in [0, 0.1) is 10.8 Å². The average Bonchev–Trinajstić information content (AvgIpc) is 2.93. The van der Waals surface area contributed by atoms with Gasteiger partial charge >= 0.3 is 6.36 Å². The third-order valence-electron chi connectivity index (χ3n) is 4.99. The third kappa shape index (κ3) is 3.91. The van der Waals surface area contributed by atoms with Gasteiger partial charge in [0.05, 0.1) is 5.70 Å². The zero-order chi connectivity index (χ0) is 20.0. The Labute approximate surface area is 154 Å². The number of carbonyl (C=O) groups is 2. The standard InChI is InChI=1S/C18H20F3N3O3/c1-16(2)9-17(8-12(22)14(16)25)4-6-24(10-17)15(26)13-7-11(3-5-23-13)27-18(19,20)21/h3,5,7-8H,4,6,9-10,22H2,1-2H3/t17-/m1/s1. The van der Waals surface area contributed by atoms with E-state index in [0.717, 1.165) is 18.3 Å². The number of pyridine rings is 1. The summed E-state index contributed by atoms with van der Waals surface area (Å²) in [6, 6.07) is 2.01. The zero-order valence-electron chi connectivity index (χ0n) is 15.0. The highest BCUT2D eigenvalue weighted by Gasteiger charge is 2.48. The molecule has 2 heterocycles. The van der Waals surface area contributed by atoms with Crippen molar-refractivity contribution in [1.82, 2.24) is 9.88 Å². The first-order chi connectivity index (χ1) is 12.4. The minimum Gasteiger partial charge on any atom is -0.406 e. The maximum absolute atomic E-state index is 12.7. The van der Waals surface area contributed by atoms with Crippen molar-refractivity contribution in [3.8, 4) is 5.75 Å². The summed E-state index contributed by atoms with van der Waals surface area (Å²) in [7, 11) is 0. The molecular weight excluding hydrogens is 363 g/mol. The first-order valence-corrected chi connectivity index (χ1v) is 8.45. The Hall–Kier alpha value is -2.58. The van der Waals surface area contributed by atoms with Gasteiger partial charge in [-0.15, -0.1) is 13.2 Å². The van der Waals surface area contributed by atoms with Gasteiger partial charge in [0.1, 0.15) is 11.4 Å². The van der Waals surface area contributed by atoms with E-state index >= 15 is 0 Å². The van der Waals surface area contributed by atoms with Gasteiger partial charge in [0.15, 0.2) is 5.78 Å². The number of alkyl halides is 3. The van der Waals surface area contributed by atoms with Gasteiger partial charge in [-0.25, -0.2) is 0 Å². The van der Waals surface area contributed by atoms with E-state index in [9.17, 15) is 22.8 Å². The number of aromatic nitrogens is 1. The molecule has 0 unspecified atom stereocenters. The highest BCUT2D eigenvalue weighted by atomic mass is 19.4. The molecule has 1 fully saturated rings. The minimum absolute atomic E-state index is 0.114. The molecule has 27 heavy (non-hydrogen) atoms. The van der Waals surface area contributed by atoms with Crippen molar-refractivity contribution in [2.45, 2.75) is 33.1 Å². The molecule has 0 saturated carbocycles. The highest BCUT2D eigenvalue weighted by Crippen LogP contribution is 2.47. The second-order valence-corrected chi connectivity index (χ2v) is 7.75. The number of allylic oxidation sites excluding steroid dienone is 1. The first kappa shape index (κ1) is 19.2. The molecule has 1 aliphatic carbocycles. The van der Waals surface area contributed by atoms with Crippen LogP contribution >= 0.6 is 0 Å². The lowest BCUT2D eigenvalue weighted by molar-refractivity contribution is -0.274. The molecule has 1 aromatic heterocycles. The maximum atomic E-state index is 12.7. The summed E-state index contributed by atoms with van der Waals surface area (Å²) in [6.07, 6.45) is -0.852. The summed E-state index contributed by atoms with van der Waals surface area (Å²) >= 11 is 0. The van der Waals surface area contributed by atoms with Crippen molar-refractivity contribution in [1.29, 1.82) is 0 Å². The summed E-state index contributed by atoms with van der Waals surface area (Å²) in [5.41, 5.74) is 4.91. The molecule has 1 atom stereocenters. The van der Waals surface area contributed by atoms with Crippen molar-refractivity contribution in [2.24, 2.45) is 16.6 Å². The molecular formula is C18H20F3N3O3. The van der Waals surface area contributed by atoms with Crippen LogP contribution in [0.25, 0.3) is 0 Å². The molecule has 2 N–H and O–H groups in total. The summed E-state index contributed by atoms with van der Waals surface area (Å²) in [5.74, 6) is -1.10. The Morgan fingerprint density at radius 2 is 2.07 bits per heavy atom. The van der Waals surface area contributed by atoms with E-state index in [1.165, 1.54) is 4.90 Å². The summed E-state index contributed by atoms with van der Waals surface area (Å²) < 4.78 is 41.0. The van der Waals surface area contributed by atoms with E-state index in [0.29, 0.717) is 25.9 Å². The molecule has 1 spiro atoms. The van der Waals surface area contributed by atoms with E-state index in [-0.39, 0.29) is 17.2 Å². The van der Waals surface area contributed by atoms with Gasteiger partial charge in [-0.2, -0.15) is 0 Å². The van der Waals surface area contributed by atoms with E-state index in [1.807, 2.05) is 13.8 Å². The van der Waals surface area contributed by atoms with Crippen LogP contribution in [0.15, 0.2) is 30.1 Å². The number of hydrogen-bond acceptors (Lipinski definition) is 5. The number of hydrogen-bond donors (Lipinski definition) is 1. The predicted molar refractivity (Wildman–Crippen MR) is 89.5 cm³/mol. The molecule has 146 valence electrons. The molecule has 2 aliphatic rings. The fourth-order valence-electron chi connectivity index (χ4n) is 4.02. The van der Waals surface area contributed by atoms with Gasteiger partial charge in [-0.3, -0.25) is 14.6 Å². The average molecular weight is 383 g/mol. The van der Waals surface area contributed by atoms with Crippen LogP contribution < -0.4 is 10.5 Å². The van der Waals surface area contributed by atoms with Crippen LogP contribution in [0.1, 0.15) is 37.2 Å². The zero-order valence-corrected chi connectivity index (χ0v) is 15.0. The monoisotopic (exact) mass is 383 g/mol. The highest BCUT2D eigenvalue weighted by molar-refractivity contribution is 5.99. The smallest absolute Gasteiger partial charge is 0.406 e. The fourth-order valence-corrected chi connectivity index (χ4v) is 4.02. The van der Waals surface area contributed by atoms with Gasteiger partial charge in [0.25, 0.3) is 5.91 Å². The number of ketones is 1. The fraction of sp³-hybridized carbons (Fsp3) is 0.500. The van der Waals surface area contributed by atoms with Gasteiger partial charge < -0.3 is 15.4 Å². The van der Waals surface area contributed by atoms with Crippen LogP contribution in [0.5, 0.6) is 5.75 Å². The Balaban J connectivity index is 1.79. The van der Waals surface area contributed by atoms with Crippen molar-refractivity contribution in [3.05, 3.63) is 35.8 Å². The second-order valence-electron chi connectivity index (χ2n) is 7.75. The summed E-state index contributed by atoms with van der Waals surface area (Å²) in [4.78, 5) is 30.3. The largest absolute Gasteiger partial charge is 0.573 e. The number of rotatable bonds is 2. The van der Waals surface area contributed by atoms with Gasteiger partial charge in [0, 0.05) is 36.2 Å². The maximum Gasteiger partial charge on any atom is 0.573 e. The van der Waals surface area contributed by atoms with Crippen LogP contribution in [-0.4, -0.2) is 41.0 Å². The number of likely N-dealkylation sites (tertiary alicyclic amines) is 1. The molecule has 9 heteroatoms. The van der Waals surface area contributed by atoms with E-state index in [2.05, 4.69) is 9.72 Å². The second kappa shape index (κ2) is 6.24. The Bertz CT molecular complexity index is 820. The third-order valence-corrected chi connectivity index (χ3v) is 4.99. The number of nitrogens with two attached hydrogens (primary N) is 1. The van der Waals surface area contributed by atoms with Crippen molar-refractivity contribution >= 4 is 11.7 Å². The van der Waals surface area contributed by atoms with Gasteiger partial charge in [-0.1, -0.05) is 13.8 Å². The molecule has 1 aliphatic heterocycles. The molecule has 0 aromatic carbocycles.